The molecule has 1 fully saturated rings. The molecule has 0 N–H and O–H groups in total. The molecule has 0 saturated heterocycles. The fourth-order valence-electron chi connectivity index (χ4n) is 3.54. The molecule has 146 valence electrons. The lowest BCUT2D eigenvalue weighted by Gasteiger charge is -2.43. The topological polar surface area (TPSA) is 89.5 Å². The van der Waals surface area contributed by atoms with Gasteiger partial charge in [0.2, 0.25) is 0 Å². The summed E-state index contributed by atoms with van der Waals surface area (Å²) in [5.41, 5.74) is -0.558. The summed E-state index contributed by atoms with van der Waals surface area (Å²) in [6, 6.07) is 7.03. The molecule has 1 aliphatic rings. The van der Waals surface area contributed by atoms with E-state index in [-0.39, 0.29) is 11.5 Å². The maximum Gasteiger partial charge on any atom is 0.359 e. The lowest BCUT2D eigenvalue weighted by Crippen LogP contribution is -2.55. The molecule has 1 unspecified atom stereocenters. The van der Waals surface area contributed by atoms with Gasteiger partial charge in [-0.25, -0.2) is 9.78 Å². The van der Waals surface area contributed by atoms with Gasteiger partial charge in [-0.2, -0.15) is 0 Å². The van der Waals surface area contributed by atoms with Crippen LogP contribution in [0.15, 0.2) is 42.9 Å². The fourth-order valence-corrected chi connectivity index (χ4v) is 3.84. The van der Waals surface area contributed by atoms with Gasteiger partial charge in [0, 0.05) is 36.4 Å². The van der Waals surface area contributed by atoms with Crippen LogP contribution in [0.25, 0.3) is 0 Å². The first kappa shape index (κ1) is 19.9. The molecule has 2 aromatic rings. The summed E-state index contributed by atoms with van der Waals surface area (Å²) >= 11 is 6.38. The molecule has 28 heavy (non-hydrogen) atoms. The Kier molecular flexibility index (Phi) is 6.04. The fraction of sp³-hybridized carbons (Fsp3) is 0.350. The number of nitrogens with zero attached hydrogens (tertiary/aromatic N) is 3. The quantitative estimate of drug-likeness (QED) is 0.715. The van der Waals surface area contributed by atoms with E-state index in [1.807, 2.05) is 0 Å². The number of aromatic nitrogens is 2. The molecule has 1 atom stereocenters. The molecule has 0 aliphatic heterocycles. The Morgan fingerprint density at radius 2 is 2.04 bits per heavy atom. The predicted octanol–water partition coefficient (Wildman–Crippen LogP) is 2.78. The SMILES string of the molecule is CN(C(=O)COC(=O)c1cnccn1)C1(c2ccccc2Cl)CCCCC1=O. The summed E-state index contributed by atoms with van der Waals surface area (Å²) in [6.45, 7) is -0.509. The zero-order valence-corrected chi connectivity index (χ0v) is 16.2. The van der Waals surface area contributed by atoms with Gasteiger partial charge in [0.15, 0.2) is 18.1 Å². The van der Waals surface area contributed by atoms with Gasteiger partial charge in [0.1, 0.15) is 5.54 Å². The van der Waals surface area contributed by atoms with Crippen molar-refractivity contribution in [2.24, 2.45) is 0 Å². The number of esters is 1. The molecule has 3 rings (SSSR count). The van der Waals surface area contributed by atoms with Crippen molar-refractivity contribution in [1.82, 2.24) is 14.9 Å². The Bertz CT molecular complexity index is 890. The van der Waals surface area contributed by atoms with Gasteiger partial charge in [-0.15, -0.1) is 0 Å². The third-order valence-corrected chi connectivity index (χ3v) is 5.35. The van der Waals surface area contributed by atoms with Crippen molar-refractivity contribution in [2.75, 3.05) is 13.7 Å². The highest BCUT2D eigenvalue weighted by molar-refractivity contribution is 6.31. The van der Waals surface area contributed by atoms with Crippen LogP contribution in [-0.2, 0) is 19.9 Å². The number of benzene rings is 1. The van der Waals surface area contributed by atoms with Crippen molar-refractivity contribution < 1.29 is 19.1 Å². The van der Waals surface area contributed by atoms with E-state index in [0.717, 1.165) is 12.8 Å². The number of amides is 1. The summed E-state index contributed by atoms with van der Waals surface area (Å²) in [7, 11) is 1.55. The number of halogens is 1. The minimum atomic E-state index is -1.16. The second kappa shape index (κ2) is 8.48. The number of Topliss-reactive ketones (excluding diaryl/α,β-unsaturated/α-hetero) is 1. The maximum atomic E-state index is 13.0. The van der Waals surface area contributed by atoms with Crippen LogP contribution >= 0.6 is 11.6 Å². The average Bonchev–Trinajstić information content (AvgIpc) is 2.73. The lowest BCUT2D eigenvalue weighted by atomic mass is 9.74. The predicted molar refractivity (Wildman–Crippen MR) is 102 cm³/mol. The van der Waals surface area contributed by atoms with Gasteiger partial charge in [0.05, 0.1) is 6.20 Å². The molecule has 0 spiro atoms. The first-order valence-corrected chi connectivity index (χ1v) is 9.32. The molecule has 1 saturated carbocycles. The van der Waals surface area contributed by atoms with Crippen LogP contribution in [0.1, 0.15) is 41.7 Å². The first-order valence-electron chi connectivity index (χ1n) is 8.95. The van der Waals surface area contributed by atoms with E-state index < -0.39 is 24.0 Å². The summed E-state index contributed by atoms with van der Waals surface area (Å²) in [4.78, 5) is 46.9. The van der Waals surface area contributed by atoms with E-state index in [4.69, 9.17) is 16.3 Å². The molecular weight excluding hydrogens is 382 g/mol. The highest BCUT2D eigenvalue weighted by atomic mass is 35.5. The van der Waals surface area contributed by atoms with Crippen molar-refractivity contribution in [3.63, 3.8) is 0 Å². The van der Waals surface area contributed by atoms with Crippen molar-refractivity contribution >= 4 is 29.3 Å². The Morgan fingerprint density at radius 1 is 1.25 bits per heavy atom. The average molecular weight is 402 g/mol. The van der Waals surface area contributed by atoms with Crippen molar-refractivity contribution in [3.8, 4) is 0 Å². The minimum absolute atomic E-state index is 0.00696. The second-order valence-electron chi connectivity index (χ2n) is 6.59. The maximum absolute atomic E-state index is 13.0. The molecule has 7 nitrogen and oxygen atoms in total. The number of ketones is 1. The third-order valence-electron chi connectivity index (χ3n) is 5.02. The molecule has 1 aromatic carbocycles. The highest BCUT2D eigenvalue weighted by Crippen LogP contribution is 2.42. The van der Waals surface area contributed by atoms with E-state index in [2.05, 4.69) is 9.97 Å². The molecule has 8 heteroatoms. The molecule has 1 aliphatic carbocycles. The van der Waals surface area contributed by atoms with Crippen LogP contribution in [0, 0.1) is 0 Å². The molecule has 0 radical (unpaired) electrons. The standard InChI is InChI=1S/C20H20ClN3O4/c1-24(18(26)13-28-19(27)16-12-22-10-11-23-16)20(9-5-4-8-17(20)25)14-6-2-3-7-15(14)21/h2-3,6-7,10-12H,4-5,8-9,13H2,1H3. The molecular formula is C20H20ClN3O4. The van der Waals surface area contributed by atoms with Crippen molar-refractivity contribution in [2.45, 2.75) is 31.2 Å². The summed E-state index contributed by atoms with van der Waals surface area (Å²) < 4.78 is 5.07. The van der Waals surface area contributed by atoms with E-state index >= 15 is 0 Å². The van der Waals surface area contributed by atoms with E-state index in [1.165, 1.54) is 23.5 Å². The summed E-state index contributed by atoms with van der Waals surface area (Å²) in [5.74, 6) is -1.31. The molecule has 1 aromatic heterocycles. The third kappa shape index (κ3) is 3.75. The molecule has 1 amide bonds. The first-order chi connectivity index (χ1) is 13.5. The van der Waals surface area contributed by atoms with E-state index in [1.54, 1.807) is 31.3 Å². The Hall–Kier alpha value is -2.80. The van der Waals surface area contributed by atoms with Crippen LogP contribution in [0.4, 0.5) is 0 Å². The van der Waals surface area contributed by atoms with Gasteiger partial charge in [-0.3, -0.25) is 14.6 Å². The van der Waals surface area contributed by atoms with Gasteiger partial charge in [0.25, 0.3) is 5.91 Å². The zero-order chi connectivity index (χ0) is 20.1. The lowest BCUT2D eigenvalue weighted by molar-refractivity contribution is -0.150. The normalized spacial score (nSPS) is 19.1. The zero-order valence-electron chi connectivity index (χ0n) is 15.4. The number of hydrogen-bond acceptors (Lipinski definition) is 6. The number of likely N-dealkylation sites (N-methyl/N-ethyl adjacent to an activating group) is 1. The molecule has 1 heterocycles. The van der Waals surface area contributed by atoms with Crippen LogP contribution in [-0.4, -0.2) is 46.2 Å². The smallest absolute Gasteiger partial charge is 0.359 e. The summed E-state index contributed by atoms with van der Waals surface area (Å²) in [5, 5.41) is 0.425. The Balaban J connectivity index is 1.82. The molecule has 0 bridgehead atoms. The largest absolute Gasteiger partial charge is 0.451 e. The van der Waals surface area contributed by atoms with Gasteiger partial charge >= 0.3 is 5.97 Å². The van der Waals surface area contributed by atoms with Crippen molar-refractivity contribution in [1.29, 1.82) is 0 Å². The van der Waals surface area contributed by atoms with Gasteiger partial charge < -0.3 is 9.64 Å². The second-order valence-corrected chi connectivity index (χ2v) is 7.00. The number of rotatable bonds is 5. The Morgan fingerprint density at radius 3 is 2.71 bits per heavy atom. The number of ether oxygens (including phenoxy) is 1. The minimum Gasteiger partial charge on any atom is -0.451 e. The van der Waals surface area contributed by atoms with Gasteiger partial charge in [-0.1, -0.05) is 29.8 Å². The van der Waals surface area contributed by atoms with Crippen LogP contribution in [0.3, 0.4) is 0 Å². The van der Waals surface area contributed by atoms with E-state index in [9.17, 15) is 14.4 Å². The number of hydrogen-bond donors (Lipinski definition) is 0. The highest BCUT2D eigenvalue weighted by Gasteiger charge is 2.48. The van der Waals surface area contributed by atoms with E-state index in [0.29, 0.717) is 23.4 Å². The van der Waals surface area contributed by atoms with Crippen LogP contribution < -0.4 is 0 Å². The number of carbonyl (C=O) groups is 3. The van der Waals surface area contributed by atoms with Crippen LogP contribution in [0.2, 0.25) is 5.02 Å². The van der Waals surface area contributed by atoms with Gasteiger partial charge in [-0.05, 0) is 25.3 Å². The monoisotopic (exact) mass is 401 g/mol. The summed E-state index contributed by atoms with van der Waals surface area (Å²) in [6.07, 6.45) is 6.43. The van der Waals surface area contributed by atoms with Crippen molar-refractivity contribution in [3.05, 3.63) is 59.1 Å². The van der Waals surface area contributed by atoms with Crippen LogP contribution in [0.5, 0.6) is 0 Å². The Labute approximate surface area is 167 Å². The number of carbonyl (C=O) groups excluding carboxylic acids is 3.